The molecule has 3 rings (SSSR count). The van der Waals surface area contributed by atoms with Gasteiger partial charge in [0.2, 0.25) is 0 Å². The molecule has 5 heteroatoms. The van der Waals surface area contributed by atoms with Crippen LogP contribution in [0.3, 0.4) is 0 Å². The Hall–Kier alpha value is -1.52. The number of urea groups is 1. The third-order valence-corrected chi connectivity index (χ3v) is 4.26. The molecule has 3 unspecified atom stereocenters. The summed E-state index contributed by atoms with van der Waals surface area (Å²) in [5, 5.41) is 10.2. The van der Waals surface area contributed by atoms with Gasteiger partial charge in [-0.1, -0.05) is 0 Å². The highest BCUT2D eigenvalue weighted by atomic mass is 16.2. The fourth-order valence-electron chi connectivity index (χ4n) is 3.27. The molecule has 2 aliphatic rings. The van der Waals surface area contributed by atoms with Crippen molar-refractivity contribution in [1.82, 2.24) is 20.4 Å². The van der Waals surface area contributed by atoms with Gasteiger partial charge in [0.15, 0.2) is 0 Å². The van der Waals surface area contributed by atoms with E-state index < -0.39 is 0 Å². The van der Waals surface area contributed by atoms with Crippen LogP contribution in [0, 0.1) is 11.8 Å². The smallest absolute Gasteiger partial charge is 0.315 e. The monoisotopic (exact) mass is 262 g/mol. The molecular weight excluding hydrogens is 240 g/mol. The van der Waals surface area contributed by atoms with E-state index in [0.717, 1.165) is 23.8 Å². The van der Waals surface area contributed by atoms with Gasteiger partial charge in [-0.15, -0.1) is 0 Å². The number of rotatable bonds is 4. The molecule has 1 heterocycles. The fourth-order valence-corrected chi connectivity index (χ4v) is 3.27. The van der Waals surface area contributed by atoms with Gasteiger partial charge in [-0.2, -0.15) is 5.10 Å². The van der Waals surface area contributed by atoms with Gasteiger partial charge in [-0.25, -0.2) is 4.79 Å². The summed E-state index contributed by atoms with van der Waals surface area (Å²) >= 11 is 0. The van der Waals surface area contributed by atoms with Crippen LogP contribution in [0.1, 0.15) is 31.7 Å². The van der Waals surface area contributed by atoms with Crippen molar-refractivity contribution in [2.24, 2.45) is 18.9 Å². The standard InChI is InChI=1S/C14H22N4O/c1-9(3-10-7-15-18(2)8-10)16-14(19)17-13-5-11-4-12(11)6-13/h7-9,11-13H,3-6H2,1-2H3,(H2,16,17,19). The Morgan fingerprint density at radius 2 is 2.21 bits per heavy atom. The van der Waals surface area contributed by atoms with Crippen LogP contribution in [-0.2, 0) is 13.5 Å². The Kier molecular flexibility index (Phi) is 3.21. The highest BCUT2D eigenvalue weighted by Crippen LogP contribution is 2.51. The van der Waals surface area contributed by atoms with Gasteiger partial charge in [-0.05, 0) is 50.0 Å². The van der Waals surface area contributed by atoms with Gasteiger partial charge in [0, 0.05) is 25.3 Å². The zero-order valence-electron chi connectivity index (χ0n) is 11.6. The average Bonchev–Trinajstić information content (AvgIpc) is 2.74. The van der Waals surface area contributed by atoms with Gasteiger partial charge in [0.05, 0.1) is 6.20 Å². The van der Waals surface area contributed by atoms with Gasteiger partial charge in [0.1, 0.15) is 0 Å². The third kappa shape index (κ3) is 3.08. The zero-order valence-corrected chi connectivity index (χ0v) is 11.6. The second-order valence-electron chi connectivity index (χ2n) is 6.17. The lowest BCUT2D eigenvalue weighted by Gasteiger charge is -2.18. The van der Waals surface area contributed by atoms with Crippen molar-refractivity contribution in [2.45, 2.75) is 44.7 Å². The molecule has 3 atom stereocenters. The second-order valence-corrected chi connectivity index (χ2v) is 6.17. The van der Waals surface area contributed by atoms with Crippen molar-refractivity contribution in [3.05, 3.63) is 18.0 Å². The Morgan fingerprint density at radius 1 is 1.47 bits per heavy atom. The maximum absolute atomic E-state index is 11.9. The minimum Gasteiger partial charge on any atom is -0.335 e. The first kappa shape index (κ1) is 12.5. The lowest BCUT2D eigenvalue weighted by atomic mass is 10.1. The van der Waals surface area contributed by atoms with Crippen LogP contribution in [0.5, 0.6) is 0 Å². The second kappa shape index (κ2) is 4.87. The molecule has 2 N–H and O–H groups in total. The molecule has 2 aliphatic carbocycles. The van der Waals surface area contributed by atoms with Crippen LogP contribution < -0.4 is 10.6 Å². The topological polar surface area (TPSA) is 59.0 Å². The molecule has 0 spiro atoms. The predicted molar refractivity (Wildman–Crippen MR) is 72.7 cm³/mol. The van der Waals surface area contributed by atoms with E-state index in [0.29, 0.717) is 6.04 Å². The number of nitrogens with zero attached hydrogens (tertiary/aromatic N) is 2. The van der Waals surface area contributed by atoms with Crippen molar-refractivity contribution >= 4 is 6.03 Å². The third-order valence-electron chi connectivity index (χ3n) is 4.26. The number of aryl methyl sites for hydroxylation is 1. The summed E-state index contributed by atoms with van der Waals surface area (Å²) in [5.41, 5.74) is 1.15. The van der Waals surface area contributed by atoms with Gasteiger partial charge >= 0.3 is 6.03 Å². The predicted octanol–water partition coefficient (Wildman–Crippen LogP) is 1.45. The zero-order chi connectivity index (χ0) is 13.4. The highest BCUT2D eigenvalue weighted by Gasteiger charge is 2.46. The van der Waals surface area contributed by atoms with E-state index in [1.807, 2.05) is 26.4 Å². The first-order chi connectivity index (χ1) is 9.10. The van der Waals surface area contributed by atoms with E-state index in [4.69, 9.17) is 0 Å². The number of hydrogen-bond acceptors (Lipinski definition) is 2. The van der Waals surface area contributed by atoms with E-state index in [9.17, 15) is 4.79 Å². The number of hydrogen-bond donors (Lipinski definition) is 2. The maximum atomic E-state index is 11.9. The van der Waals surface area contributed by atoms with Crippen LogP contribution in [0.4, 0.5) is 4.79 Å². The summed E-state index contributed by atoms with van der Waals surface area (Å²) in [6.07, 6.45) is 8.39. The average molecular weight is 262 g/mol. The van der Waals surface area contributed by atoms with Gasteiger partial charge in [0.25, 0.3) is 0 Å². The van der Waals surface area contributed by atoms with E-state index in [1.165, 1.54) is 19.3 Å². The summed E-state index contributed by atoms with van der Waals surface area (Å²) in [5.74, 6) is 1.80. The molecule has 19 heavy (non-hydrogen) atoms. The number of fused-ring (bicyclic) bond motifs is 1. The van der Waals surface area contributed by atoms with Crippen LogP contribution in [0.2, 0.25) is 0 Å². The highest BCUT2D eigenvalue weighted by molar-refractivity contribution is 5.74. The maximum Gasteiger partial charge on any atom is 0.315 e. The molecule has 1 aromatic rings. The van der Waals surface area contributed by atoms with E-state index in [-0.39, 0.29) is 12.1 Å². The summed E-state index contributed by atoms with van der Waals surface area (Å²) in [6.45, 7) is 2.03. The molecule has 2 fully saturated rings. The molecule has 5 nitrogen and oxygen atoms in total. The lowest BCUT2D eigenvalue weighted by Crippen LogP contribution is -2.45. The van der Waals surface area contributed by atoms with Crippen LogP contribution in [0.15, 0.2) is 12.4 Å². The summed E-state index contributed by atoms with van der Waals surface area (Å²) in [4.78, 5) is 11.9. The molecule has 0 aliphatic heterocycles. The van der Waals surface area contributed by atoms with Crippen molar-refractivity contribution < 1.29 is 4.79 Å². The molecule has 2 amide bonds. The summed E-state index contributed by atoms with van der Waals surface area (Å²) < 4.78 is 1.78. The molecular formula is C14H22N4O. The van der Waals surface area contributed by atoms with Crippen molar-refractivity contribution in [2.75, 3.05) is 0 Å². The quantitative estimate of drug-likeness (QED) is 0.863. The van der Waals surface area contributed by atoms with Crippen LogP contribution >= 0.6 is 0 Å². The first-order valence-corrected chi connectivity index (χ1v) is 7.14. The molecule has 0 radical (unpaired) electrons. The van der Waals surface area contributed by atoms with Crippen LogP contribution in [-0.4, -0.2) is 27.9 Å². The first-order valence-electron chi connectivity index (χ1n) is 7.14. The largest absolute Gasteiger partial charge is 0.335 e. The van der Waals surface area contributed by atoms with Crippen LogP contribution in [0.25, 0.3) is 0 Å². The number of carbonyl (C=O) groups excluding carboxylic acids is 1. The normalized spacial score (nSPS) is 29.7. The minimum absolute atomic E-state index is 0.0253. The van der Waals surface area contributed by atoms with Gasteiger partial charge in [-0.3, -0.25) is 4.68 Å². The number of amides is 2. The molecule has 0 saturated heterocycles. The number of aromatic nitrogens is 2. The molecule has 0 aromatic carbocycles. The van der Waals surface area contributed by atoms with Gasteiger partial charge < -0.3 is 10.6 Å². The molecule has 1 aromatic heterocycles. The van der Waals surface area contributed by atoms with E-state index in [2.05, 4.69) is 15.7 Å². The Balaban J connectivity index is 1.41. The van der Waals surface area contributed by atoms with Crippen molar-refractivity contribution in [1.29, 1.82) is 0 Å². The fraction of sp³-hybridized carbons (Fsp3) is 0.714. The van der Waals surface area contributed by atoms with E-state index in [1.54, 1.807) is 4.68 Å². The molecule has 104 valence electrons. The minimum atomic E-state index is -0.0253. The Labute approximate surface area is 113 Å². The number of nitrogens with one attached hydrogen (secondary N) is 2. The van der Waals surface area contributed by atoms with E-state index >= 15 is 0 Å². The Morgan fingerprint density at radius 3 is 2.84 bits per heavy atom. The molecule has 0 bridgehead atoms. The van der Waals surface area contributed by atoms with Crippen molar-refractivity contribution in [3.8, 4) is 0 Å². The summed E-state index contributed by atoms with van der Waals surface area (Å²) in [6, 6.07) is 0.497. The summed E-state index contributed by atoms with van der Waals surface area (Å²) in [7, 11) is 1.90. The lowest BCUT2D eigenvalue weighted by molar-refractivity contribution is 0.233. The Bertz CT molecular complexity index is 460. The number of carbonyl (C=O) groups is 1. The van der Waals surface area contributed by atoms with Crippen molar-refractivity contribution in [3.63, 3.8) is 0 Å². The SMILES string of the molecule is CC(Cc1cnn(C)c1)NC(=O)NC1CC2CC2C1. The molecule has 2 saturated carbocycles.